The summed E-state index contributed by atoms with van der Waals surface area (Å²) in [5.41, 5.74) is 9.63. The standard InChI is InChI=1S/C23H25FN4OS/c24-20-8-6-18(7-9-20)21-15-30-23(27-21)26-12-16-3-1-4-17(11-16)13-28-10-2-5-19(14-28)22(25)29/h1,3-4,6-9,11,15,19H,2,5,10,12-14H2,(H2,25,29)(H,26,27). The summed E-state index contributed by atoms with van der Waals surface area (Å²) in [4.78, 5) is 18.4. The lowest BCUT2D eigenvalue weighted by Crippen LogP contribution is -2.40. The second-order valence-corrected chi connectivity index (χ2v) is 8.55. The molecule has 0 radical (unpaired) electrons. The van der Waals surface area contributed by atoms with Crippen LogP contribution in [-0.4, -0.2) is 28.9 Å². The molecule has 0 saturated carbocycles. The van der Waals surface area contributed by atoms with E-state index in [0.29, 0.717) is 6.54 Å². The largest absolute Gasteiger partial charge is 0.369 e. The molecule has 1 aliphatic rings. The maximum Gasteiger partial charge on any atom is 0.221 e. The SMILES string of the molecule is NC(=O)C1CCCN(Cc2cccc(CNc3nc(-c4ccc(F)cc4)cs3)c2)C1. The predicted octanol–water partition coefficient (Wildman–Crippen LogP) is 4.26. The van der Waals surface area contributed by atoms with Gasteiger partial charge in [0, 0.05) is 30.6 Å². The summed E-state index contributed by atoms with van der Waals surface area (Å²) in [6, 6.07) is 14.8. The number of carbonyl (C=O) groups excluding carboxylic acids is 1. The summed E-state index contributed by atoms with van der Waals surface area (Å²) in [5, 5.41) is 6.18. The molecule has 1 aliphatic heterocycles. The Bertz CT molecular complexity index is 1000. The van der Waals surface area contributed by atoms with Crippen molar-refractivity contribution in [1.29, 1.82) is 0 Å². The molecule has 1 unspecified atom stereocenters. The molecule has 1 saturated heterocycles. The first-order valence-electron chi connectivity index (χ1n) is 10.1. The van der Waals surface area contributed by atoms with Crippen molar-refractivity contribution < 1.29 is 9.18 Å². The van der Waals surface area contributed by atoms with Crippen LogP contribution in [-0.2, 0) is 17.9 Å². The molecular weight excluding hydrogens is 399 g/mol. The Morgan fingerprint density at radius 1 is 1.23 bits per heavy atom. The van der Waals surface area contributed by atoms with E-state index in [4.69, 9.17) is 5.73 Å². The first kappa shape index (κ1) is 20.5. The smallest absolute Gasteiger partial charge is 0.221 e. The van der Waals surface area contributed by atoms with Gasteiger partial charge in [0.05, 0.1) is 11.6 Å². The second kappa shape index (κ2) is 9.36. The number of halogens is 1. The van der Waals surface area contributed by atoms with Gasteiger partial charge in [-0.1, -0.05) is 24.3 Å². The summed E-state index contributed by atoms with van der Waals surface area (Å²) in [5.74, 6) is -0.480. The van der Waals surface area contributed by atoms with Crippen LogP contribution in [0.5, 0.6) is 0 Å². The van der Waals surface area contributed by atoms with E-state index in [0.717, 1.165) is 48.9 Å². The van der Waals surface area contributed by atoms with E-state index in [1.807, 2.05) is 5.38 Å². The van der Waals surface area contributed by atoms with Gasteiger partial charge in [-0.3, -0.25) is 9.69 Å². The van der Waals surface area contributed by atoms with Gasteiger partial charge < -0.3 is 11.1 Å². The minimum atomic E-state index is -0.248. The molecule has 1 amide bonds. The Balaban J connectivity index is 1.35. The molecule has 0 spiro atoms. The molecule has 5 nitrogen and oxygen atoms in total. The summed E-state index contributed by atoms with van der Waals surface area (Å²) in [6.45, 7) is 3.23. The first-order chi connectivity index (χ1) is 14.6. The highest BCUT2D eigenvalue weighted by Crippen LogP contribution is 2.25. The molecule has 156 valence electrons. The van der Waals surface area contributed by atoms with Crippen LogP contribution in [0.25, 0.3) is 11.3 Å². The van der Waals surface area contributed by atoms with Gasteiger partial charge in [-0.2, -0.15) is 0 Å². The number of benzene rings is 2. The molecule has 1 fully saturated rings. The average Bonchev–Trinajstić information content (AvgIpc) is 3.22. The van der Waals surface area contributed by atoms with Crippen LogP contribution in [0.15, 0.2) is 53.9 Å². The molecule has 2 aromatic carbocycles. The van der Waals surface area contributed by atoms with Crippen molar-refractivity contribution in [2.24, 2.45) is 11.7 Å². The number of nitrogens with one attached hydrogen (secondary N) is 1. The number of piperidine rings is 1. The van der Waals surface area contributed by atoms with Crippen molar-refractivity contribution in [2.75, 3.05) is 18.4 Å². The zero-order chi connectivity index (χ0) is 20.9. The minimum Gasteiger partial charge on any atom is -0.369 e. The molecule has 3 aromatic rings. The molecule has 1 atom stereocenters. The highest BCUT2D eigenvalue weighted by atomic mass is 32.1. The van der Waals surface area contributed by atoms with E-state index in [-0.39, 0.29) is 17.6 Å². The van der Waals surface area contributed by atoms with Gasteiger partial charge in [0.1, 0.15) is 5.82 Å². The fraction of sp³-hybridized carbons (Fsp3) is 0.304. The number of carbonyl (C=O) groups is 1. The number of thiazole rings is 1. The highest BCUT2D eigenvalue weighted by Gasteiger charge is 2.23. The van der Waals surface area contributed by atoms with Gasteiger partial charge in [-0.25, -0.2) is 9.37 Å². The zero-order valence-electron chi connectivity index (χ0n) is 16.7. The molecule has 0 bridgehead atoms. The van der Waals surface area contributed by atoms with E-state index in [1.165, 1.54) is 34.6 Å². The van der Waals surface area contributed by atoms with E-state index in [1.54, 1.807) is 12.1 Å². The molecule has 1 aromatic heterocycles. The topological polar surface area (TPSA) is 71.2 Å². The van der Waals surface area contributed by atoms with Crippen LogP contribution < -0.4 is 11.1 Å². The van der Waals surface area contributed by atoms with Gasteiger partial charge in [-0.05, 0) is 54.8 Å². The molecule has 4 rings (SSSR count). The molecule has 7 heteroatoms. The van der Waals surface area contributed by atoms with E-state index in [2.05, 4.69) is 39.5 Å². The second-order valence-electron chi connectivity index (χ2n) is 7.69. The van der Waals surface area contributed by atoms with Crippen LogP contribution >= 0.6 is 11.3 Å². The number of likely N-dealkylation sites (tertiary alicyclic amines) is 1. The van der Waals surface area contributed by atoms with Gasteiger partial charge in [0.25, 0.3) is 0 Å². The van der Waals surface area contributed by atoms with Gasteiger partial charge in [0.15, 0.2) is 5.13 Å². The van der Waals surface area contributed by atoms with E-state index < -0.39 is 0 Å². The maximum atomic E-state index is 13.1. The first-order valence-corrected chi connectivity index (χ1v) is 11.0. The third-order valence-electron chi connectivity index (χ3n) is 5.39. The monoisotopic (exact) mass is 424 g/mol. The predicted molar refractivity (Wildman–Crippen MR) is 118 cm³/mol. The van der Waals surface area contributed by atoms with Gasteiger partial charge in [-0.15, -0.1) is 11.3 Å². The third kappa shape index (κ3) is 5.23. The average molecular weight is 425 g/mol. The fourth-order valence-corrected chi connectivity index (χ4v) is 4.53. The fourth-order valence-electron chi connectivity index (χ4n) is 3.81. The van der Waals surface area contributed by atoms with Crippen LogP contribution in [0.4, 0.5) is 9.52 Å². The van der Waals surface area contributed by atoms with Crippen molar-refractivity contribution in [2.45, 2.75) is 25.9 Å². The summed E-state index contributed by atoms with van der Waals surface area (Å²) < 4.78 is 13.1. The molecule has 2 heterocycles. The number of primary amides is 1. The van der Waals surface area contributed by atoms with Crippen LogP contribution in [0, 0.1) is 11.7 Å². The number of anilines is 1. The van der Waals surface area contributed by atoms with Gasteiger partial charge in [0.2, 0.25) is 5.91 Å². The van der Waals surface area contributed by atoms with Crippen molar-refractivity contribution in [3.63, 3.8) is 0 Å². The van der Waals surface area contributed by atoms with Crippen molar-refractivity contribution >= 4 is 22.4 Å². The quantitative estimate of drug-likeness (QED) is 0.595. The van der Waals surface area contributed by atoms with E-state index in [9.17, 15) is 9.18 Å². The Hall–Kier alpha value is -2.77. The van der Waals surface area contributed by atoms with Crippen LogP contribution in [0.1, 0.15) is 24.0 Å². The molecule has 3 N–H and O–H groups in total. The number of hydrogen-bond acceptors (Lipinski definition) is 5. The lowest BCUT2D eigenvalue weighted by Gasteiger charge is -2.31. The number of nitrogens with two attached hydrogens (primary N) is 1. The summed E-state index contributed by atoms with van der Waals surface area (Å²) in [7, 11) is 0. The summed E-state index contributed by atoms with van der Waals surface area (Å²) >= 11 is 1.54. The van der Waals surface area contributed by atoms with E-state index >= 15 is 0 Å². The number of rotatable bonds is 7. The normalized spacial score (nSPS) is 17.0. The Morgan fingerprint density at radius 2 is 2.03 bits per heavy atom. The Morgan fingerprint density at radius 3 is 2.83 bits per heavy atom. The number of amides is 1. The molecule has 30 heavy (non-hydrogen) atoms. The summed E-state index contributed by atoms with van der Waals surface area (Å²) in [6.07, 6.45) is 1.90. The van der Waals surface area contributed by atoms with Gasteiger partial charge >= 0.3 is 0 Å². The van der Waals surface area contributed by atoms with Crippen LogP contribution in [0.3, 0.4) is 0 Å². The Kier molecular flexibility index (Phi) is 6.40. The lowest BCUT2D eigenvalue weighted by atomic mass is 9.97. The number of hydrogen-bond donors (Lipinski definition) is 2. The number of aromatic nitrogens is 1. The van der Waals surface area contributed by atoms with Crippen molar-refractivity contribution in [3.8, 4) is 11.3 Å². The molecular formula is C23H25FN4OS. The zero-order valence-corrected chi connectivity index (χ0v) is 17.5. The highest BCUT2D eigenvalue weighted by molar-refractivity contribution is 7.14. The minimum absolute atomic E-state index is 0.0381. The Labute approximate surface area is 179 Å². The molecule has 0 aliphatic carbocycles. The van der Waals surface area contributed by atoms with Crippen LogP contribution in [0.2, 0.25) is 0 Å². The maximum absolute atomic E-state index is 13.1. The lowest BCUT2D eigenvalue weighted by molar-refractivity contribution is -0.123. The van der Waals surface area contributed by atoms with Crippen molar-refractivity contribution in [1.82, 2.24) is 9.88 Å². The van der Waals surface area contributed by atoms with Crippen molar-refractivity contribution in [3.05, 3.63) is 70.9 Å². The third-order valence-corrected chi connectivity index (χ3v) is 6.19. The number of nitrogens with zero attached hydrogens (tertiary/aromatic N) is 2.